The zero-order chi connectivity index (χ0) is 25.9. The molecule has 3 aromatic rings. The molecule has 1 aliphatic heterocycles. The first kappa shape index (κ1) is 13.6. The van der Waals surface area contributed by atoms with E-state index in [0.29, 0.717) is 22.6 Å². The van der Waals surface area contributed by atoms with Gasteiger partial charge in [-0.2, -0.15) is 0 Å². The maximum atomic E-state index is 13.3. The van der Waals surface area contributed by atoms with Gasteiger partial charge in [0.1, 0.15) is 15.6 Å². The number of aryl methyl sites for hydroxylation is 2. The summed E-state index contributed by atoms with van der Waals surface area (Å²) >= 11 is 6.56. The zero-order valence-electron chi connectivity index (χ0n) is 20.6. The predicted molar refractivity (Wildman–Crippen MR) is 107 cm³/mol. The molecule has 2 aromatic heterocycles. The van der Waals surface area contributed by atoms with Gasteiger partial charge in [-0.15, -0.1) is 11.3 Å². The Labute approximate surface area is 183 Å². The van der Waals surface area contributed by atoms with Gasteiger partial charge in [-0.3, -0.25) is 4.79 Å². The minimum Gasteiger partial charge on any atom is -0.454 e. The average molecular weight is 461 g/mol. The Morgan fingerprint density at radius 1 is 1.45 bits per heavy atom. The van der Waals surface area contributed by atoms with Gasteiger partial charge in [0.05, 0.1) is 4.88 Å². The highest BCUT2D eigenvalue weighted by Gasteiger charge is 2.27. The van der Waals surface area contributed by atoms with E-state index < -0.39 is 55.4 Å². The first-order valence-corrected chi connectivity index (χ1v) is 10.6. The number of ether oxygens (including phenoxy) is 2. The van der Waals surface area contributed by atoms with E-state index in [9.17, 15) is 13.2 Å². The van der Waals surface area contributed by atoms with Crippen LogP contribution in [-0.2, 0) is 16.4 Å². The summed E-state index contributed by atoms with van der Waals surface area (Å²) in [5, 5.41) is 3.77. The van der Waals surface area contributed by atoms with Crippen LogP contribution in [0, 0.1) is 13.8 Å². The van der Waals surface area contributed by atoms with Crippen molar-refractivity contribution in [2.45, 2.75) is 25.0 Å². The second kappa shape index (κ2) is 7.36. The fourth-order valence-electron chi connectivity index (χ4n) is 2.51. The number of fused-ring (bicyclic) bond motifs is 1. The lowest BCUT2D eigenvalue weighted by Gasteiger charge is -2.09. The van der Waals surface area contributed by atoms with E-state index in [1.807, 2.05) is 0 Å². The first-order chi connectivity index (χ1) is 16.2. The molecule has 0 radical (unpaired) electrons. The van der Waals surface area contributed by atoms with Gasteiger partial charge < -0.3 is 14.0 Å². The molecule has 0 amide bonds. The molecule has 4 rings (SSSR count). The highest BCUT2D eigenvalue weighted by atomic mass is 35.5. The Bertz CT molecular complexity index is 1440. The third-order valence-corrected chi connectivity index (χ3v) is 6.59. The number of hydrogen-bond acceptors (Lipinski definition) is 8. The number of carbonyl (C=O) groups excluding carboxylic acids is 1. The fraction of sp³-hybridized carbons (Fsp3) is 0.222. The summed E-state index contributed by atoms with van der Waals surface area (Å²) in [7, 11) is -4.86. The van der Waals surface area contributed by atoms with Crippen LogP contribution in [0.5, 0.6) is 11.5 Å². The van der Waals surface area contributed by atoms with Crippen molar-refractivity contribution in [1.82, 2.24) is 5.16 Å². The van der Waals surface area contributed by atoms with Gasteiger partial charge in [0.2, 0.25) is 6.79 Å². The van der Waals surface area contributed by atoms with Gasteiger partial charge >= 0.3 is 0 Å². The molecule has 0 saturated heterocycles. The Balaban J connectivity index is 1.73. The summed E-state index contributed by atoms with van der Waals surface area (Å²) < 4.78 is 88.4. The van der Waals surface area contributed by atoms with Crippen LogP contribution >= 0.6 is 22.9 Å². The smallest absolute Gasteiger partial charge is 0.265 e. The van der Waals surface area contributed by atoms with Crippen LogP contribution in [0.4, 0.5) is 5.88 Å². The molecule has 3 heterocycles. The van der Waals surface area contributed by atoms with E-state index >= 15 is 0 Å². The van der Waals surface area contributed by atoms with Crippen LogP contribution in [0.1, 0.15) is 33.3 Å². The lowest BCUT2D eigenvalue weighted by Crippen LogP contribution is -2.16. The number of Topliss-reactive ketones (excluding diaryl/α,β-unsaturated/α-hetero) is 1. The number of sulfonamides is 1. The highest BCUT2D eigenvalue weighted by Crippen LogP contribution is 2.36. The number of benzene rings is 1. The Hall–Kier alpha value is -2.56. The molecule has 1 aromatic carbocycles. The minimum absolute atomic E-state index is 0.0492. The number of anilines is 1. The summed E-state index contributed by atoms with van der Waals surface area (Å²) in [6, 6.07) is 3.85. The van der Waals surface area contributed by atoms with Gasteiger partial charge in [-0.1, -0.05) is 16.8 Å². The molecule has 0 fully saturated rings. The van der Waals surface area contributed by atoms with Crippen molar-refractivity contribution in [3.8, 4) is 11.5 Å². The summed E-state index contributed by atoms with van der Waals surface area (Å²) in [4.78, 5) is 12.1. The number of aromatic nitrogens is 1. The molecule has 0 aliphatic carbocycles. The third kappa shape index (κ3) is 3.70. The largest absolute Gasteiger partial charge is 0.454 e. The number of nitrogens with zero attached hydrogens (tertiary/aromatic N) is 1. The highest BCUT2D eigenvalue weighted by molar-refractivity contribution is 7.93. The summed E-state index contributed by atoms with van der Waals surface area (Å²) in [5.41, 5.74) is -0.411. The molecular weight excluding hydrogens is 440 g/mol. The molecule has 1 aliphatic rings. The molecule has 1 N–H and O–H groups in total. The molecule has 0 saturated carbocycles. The second-order valence-electron chi connectivity index (χ2n) is 5.81. The molecular formula is C18H15ClN2O6S2. The van der Waals surface area contributed by atoms with Crippen LogP contribution in [0.3, 0.4) is 0 Å². The van der Waals surface area contributed by atoms with E-state index in [0.717, 1.165) is 6.07 Å². The van der Waals surface area contributed by atoms with Gasteiger partial charge in [-0.25, -0.2) is 13.1 Å². The van der Waals surface area contributed by atoms with Crippen LogP contribution in [0.15, 0.2) is 33.0 Å². The monoisotopic (exact) mass is 460 g/mol. The molecule has 29 heavy (non-hydrogen) atoms. The molecule has 0 spiro atoms. The van der Waals surface area contributed by atoms with Crippen LogP contribution < -0.4 is 14.2 Å². The molecule has 0 atom stereocenters. The molecule has 8 nitrogen and oxygen atoms in total. The normalized spacial score (nSPS) is 16.9. The number of ketones is 1. The topological polar surface area (TPSA) is 108 Å². The van der Waals surface area contributed by atoms with Crippen molar-refractivity contribution in [2.75, 3.05) is 11.5 Å². The van der Waals surface area contributed by atoms with Crippen molar-refractivity contribution >= 4 is 44.6 Å². The van der Waals surface area contributed by atoms with E-state index in [2.05, 4.69) is 5.16 Å². The molecule has 11 heteroatoms. The Kier molecular flexibility index (Phi) is 3.46. The number of carbonyl (C=O) groups is 1. The fourth-order valence-corrected chi connectivity index (χ4v) is 4.91. The van der Waals surface area contributed by atoms with Gasteiger partial charge in [0.15, 0.2) is 18.7 Å². The van der Waals surface area contributed by atoms with Crippen LogP contribution in [0.2, 0.25) is 6.43 Å². The quantitative estimate of drug-likeness (QED) is 0.554. The predicted octanol–water partition coefficient (Wildman–Crippen LogP) is 3.96. The molecule has 0 bridgehead atoms. The summed E-state index contributed by atoms with van der Waals surface area (Å²) in [5.74, 6) is -1.44. The van der Waals surface area contributed by atoms with E-state index in [1.165, 1.54) is 17.5 Å². The van der Waals surface area contributed by atoms with Crippen molar-refractivity contribution < 1.29 is 35.5 Å². The van der Waals surface area contributed by atoms with Crippen LogP contribution in [0.25, 0.3) is 0 Å². The number of hydrogen-bond donors (Lipinski definition) is 1. The van der Waals surface area contributed by atoms with E-state index in [-0.39, 0.29) is 22.8 Å². The van der Waals surface area contributed by atoms with Crippen molar-refractivity contribution in [1.29, 1.82) is 0 Å². The average Bonchev–Trinajstić information content (AvgIpc) is 3.50. The minimum atomic E-state index is -4.86. The van der Waals surface area contributed by atoms with E-state index in [4.69, 9.17) is 33.9 Å². The standard InChI is InChI=1S/C18H15ClN2O6S2/c1-9-5-13-14(26-8-25-13)7-11(9)6-12(22)17-15(3-4-28-17)29(23,24)21-18-16(19)10(2)20-27-18/h3-5,7,21H,6,8H2,1-2H3/i2D3,6D2/hD. The number of thiophene rings is 1. The lowest BCUT2D eigenvalue weighted by atomic mass is 10.0. The summed E-state index contributed by atoms with van der Waals surface area (Å²) in [6.07, 6.45) is -2.68. The molecule has 152 valence electrons. The maximum absolute atomic E-state index is 13.3. The first-order valence-electron chi connectivity index (χ1n) is 10.8. The Morgan fingerprint density at radius 2 is 2.21 bits per heavy atom. The zero-order valence-corrected chi connectivity index (χ0v) is 16.9. The number of nitrogens with one attached hydrogen (secondary N) is 1. The summed E-state index contributed by atoms with van der Waals surface area (Å²) in [6.45, 7) is -1.32. The van der Waals surface area contributed by atoms with Gasteiger partial charge in [0.25, 0.3) is 15.9 Å². The number of halogens is 1. The van der Waals surface area contributed by atoms with Crippen molar-refractivity contribution in [3.63, 3.8) is 0 Å². The van der Waals surface area contributed by atoms with Gasteiger partial charge in [-0.05, 0) is 48.5 Å². The van der Waals surface area contributed by atoms with Crippen molar-refractivity contribution in [3.05, 3.63) is 50.3 Å². The van der Waals surface area contributed by atoms with Gasteiger partial charge in [0, 0.05) is 13.2 Å². The maximum Gasteiger partial charge on any atom is 0.265 e. The van der Waals surface area contributed by atoms with Crippen LogP contribution in [-0.4, -0.2) is 26.2 Å². The lowest BCUT2D eigenvalue weighted by molar-refractivity contribution is 0.0994. The van der Waals surface area contributed by atoms with Crippen molar-refractivity contribution in [2.24, 2.45) is 0 Å². The SMILES string of the molecule is [2H]N(c1onc(C([2H])([2H])[2H])c1Cl)S(=O)(=O)c1ccsc1C(=O)C([2H])([2H])c1cc2c(cc1C)OCO2. The Morgan fingerprint density at radius 3 is 2.93 bits per heavy atom. The molecule has 0 unspecified atom stereocenters. The second-order valence-corrected chi connectivity index (χ2v) is 8.67. The van der Waals surface area contributed by atoms with E-state index in [1.54, 1.807) is 6.92 Å². The number of rotatable bonds is 6. The third-order valence-electron chi connectivity index (χ3n) is 3.90.